The van der Waals surface area contributed by atoms with E-state index in [0.717, 1.165) is 76.2 Å². The van der Waals surface area contributed by atoms with Gasteiger partial charge in [-0.2, -0.15) is 0 Å². The Bertz CT molecular complexity index is 817. The van der Waals surface area contributed by atoms with Crippen LogP contribution in [0.4, 0.5) is 0 Å². The van der Waals surface area contributed by atoms with Gasteiger partial charge in [0, 0.05) is 17.4 Å². The number of unbranched alkanes of at least 4 members (excludes halogenated alkanes) is 5. The van der Waals surface area contributed by atoms with Gasteiger partial charge >= 0.3 is 5.97 Å². The number of hydrogen-bond acceptors (Lipinski definition) is 3. The van der Waals surface area contributed by atoms with E-state index in [2.05, 4.69) is 6.92 Å². The third kappa shape index (κ3) is 5.62. The van der Waals surface area contributed by atoms with Crippen LogP contribution < -0.4 is 4.74 Å². The SMILES string of the molecule is CCCCC1(C2CCCC2)Cc2cc(OCCCCCCCC(=O)O)c(Cl)c(Cl)c2C1=O. The molecule has 0 saturated heterocycles. The predicted octanol–water partition coefficient (Wildman–Crippen LogP) is 7.90. The predicted molar refractivity (Wildman–Crippen MR) is 129 cm³/mol. The van der Waals surface area contributed by atoms with Crippen molar-refractivity contribution in [2.24, 2.45) is 11.3 Å². The molecule has 4 nitrogen and oxygen atoms in total. The Morgan fingerprint density at radius 3 is 2.47 bits per heavy atom. The van der Waals surface area contributed by atoms with E-state index in [0.29, 0.717) is 33.9 Å². The second-order valence-corrected chi connectivity index (χ2v) is 10.3. The average Bonchev–Trinajstić information content (AvgIpc) is 3.39. The fourth-order valence-electron chi connectivity index (χ4n) is 5.61. The monoisotopic (exact) mass is 482 g/mol. The topological polar surface area (TPSA) is 63.6 Å². The zero-order valence-corrected chi connectivity index (χ0v) is 20.7. The molecule has 1 N–H and O–H groups in total. The fraction of sp³-hybridized carbons (Fsp3) is 0.692. The summed E-state index contributed by atoms with van der Waals surface area (Å²) in [6.07, 6.45) is 13.2. The van der Waals surface area contributed by atoms with Crippen molar-refractivity contribution in [3.05, 3.63) is 27.2 Å². The molecule has 0 aromatic heterocycles. The van der Waals surface area contributed by atoms with Crippen molar-refractivity contribution in [3.8, 4) is 5.75 Å². The van der Waals surface area contributed by atoms with Crippen molar-refractivity contribution in [2.45, 2.75) is 96.8 Å². The lowest BCUT2D eigenvalue weighted by Crippen LogP contribution is -2.35. The summed E-state index contributed by atoms with van der Waals surface area (Å²) in [5, 5.41) is 9.38. The summed E-state index contributed by atoms with van der Waals surface area (Å²) in [4.78, 5) is 24.3. The zero-order chi connectivity index (χ0) is 23.1. The molecule has 0 amide bonds. The fourth-order valence-corrected chi connectivity index (χ4v) is 6.11. The Kier molecular flexibility index (Phi) is 9.31. The summed E-state index contributed by atoms with van der Waals surface area (Å²) in [7, 11) is 0. The van der Waals surface area contributed by atoms with Gasteiger partial charge in [0.2, 0.25) is 0 Å². The second-order valence-electron chi connectivity index (χ2n) is 9.54. The van der Waals surface area contributed by atoms with Gasteiger partial charge in [-0.3, -0.25) is 9.59 Å². The molecule has 1 fully saturated rings. The summed E-state index contributed by atoms with van der Waals surface area (Å²) in [6, 6.07) is 1.96. The number of carbonyl (C=O) groups is 2. The summed E-state index contributed by atoms with van der Waals surface area (Å²) in [5.41, 5.74) is 1.30. The van der Waals surface area contributed by atoms with Gasteiger partial charge in [0.05, 0.1) is 11.6 Å². The standard InChI is InChI=1S/C26H36Cl2O4/c1-2-3-14-26(19-11-8-9-12-19)17-18-16-20(23(27)24(28)22(18)25(26)31)32-15-10-6-4-5-7-13-21(29)30/h16,19H,2-15,17H2,1H3,(H,29,30). The summed E-state index contributed by atoms with van der Waals surface area (Å²) in [6.45, 7) is 2.71. The molecule has 1 aromatic rings. The number of ketones is 1. The molecule has 0 radical (unpaired) electrons. The molecule has 0 spiro atoms. The van der Waals surface area contributed by atoms with E-state index in [1.807, 2.05) is 6.07 Å². The molecule has 3 rings (SSSR count). The van der Waals surface area contributed by atoms with Crippen molar-refractivity contribution in [3.63, 3.8) is 0 Å². The minimum absolute atomic E-state index is 0.202. The van der Waals surface area contributed by atoms with E-state index in [1.54, 1.807) is 0 Å². The van der Waals surface area contributed by atoms with E-state index in [4.69, 9.17) is 33.0 Å². The van der Waals surface area contributed by atoms with E-state index in [9.17, 15) is 9.59 Å². The first-order chi connectivity index (χ1) is 15.4. The van der Waals surface area contributed by atoms with Crippen LogP contribution in [-0.2, 0) is 11.2 Å². The third-order valence-electron chi connectivity index (χ3n) is 7.35. The van der Waals surface area contributed by atoms with E-state index < -0.39 is 5.97 Å². The number of carbonyl (C=O) groups excluding carboxylic acids is 1. The lowest BCUT2D eigenvalue weighted by Gasteiger charge is -2.34. The van der Waals surface area contributed by atoms with Crippen LogP contribution in [0.5, 0.6) is 5.75 Å². The van der Waals surface area contributed by atoms with Crippen LogP contribution in [0.2, 0.25) is 10.0 Å². The first-order valence-electron chi connectivity index (χ1n) is 12.3. The Morgan fingerprint density at radius 2 is 1.78 bits per heavy atom. The molecule has 1 unspecified atom stereocenters. The number of halogens is 2. The van der Waals surface area contributed by atoms with Crippen molar-refractivity contribution in [1.82, 2.24) is 0 Å². The molecule has 6 heteroatoms. The summed E-state index contributed by atoms with van der Waals surface area (Å²) in [5.74, 6) is 0.482. The van der Waals surface area contributed by atoms with Crippen LogP contribution in [0.15, 0.2) is 6.07 Å². The second kappa shape index (κ2) is 11.7. The Morgan fingerprint density at radius 1 is 1.09 bits per heavy atom. The number of aliphatic carboxylic acids is 1. The molecule has 1 saturated carbocycles. The van der Waals surface area contributed by atoms with Gasteiger partial charge in [-0.15, -0.1) is 0 Å². The van der Waals surface area contributed by atoms with Crippen molar-refractivity contribution in [2.75, 3.05) is 6.61 Å². The minimum atomic E-state index is -0.735. The number of carboxylic acid groups (broad SMARTS) is 1. The third-order valence-corrected chi connectivity index (χ3v) is 8.20. The Hall–Kier alpha value is -1.26. The molecule has 0 aliphatic heterocycles. The molecule has 32 heavy (non-hydrogen) atoms. The van der Waals surface area contributed by atoms with Gasteiger partial charge in [0.15, 0.2) is 5.78 Å². The number of Topliss-reactive ketones (excluding diaryl/α,β-unsaturated/α-hetero) is 1. The van der Waals surface area contributed by atoms with Gasteiger partial charge in [0.1, 0.15) is 10.8 Å². The van der Waals surface area contributed by atoms with E-state index in [1.165, 1.54) is 12.8 Å². The molecule has 2 aliphatic rings. The van der Waals surface area contributed by atoms with Crippen molar-refractivity contribution < 1.29 is 19.4 Å². The lowest BCUT2D eigenvalue weighted by molar-refractivity contribution is -0.137. The maximum atomic E-state index is 13.7. The molecule has 0 heterocycles. The van der Waals surface area contributed by atoms with Crippen LogP contribution in [0, 0.1) is 11.3 Å². The summed E-state index contributed by atoms with van der Waals surface area (Å²) < 4.78 is 5.98. The lowest BCUT2D eigenvalue weighted by atomic mass is 9.68. The largest absolute Gasteiger partial charge is 0.492 e. The highest BCUT2D eigenvalue weighted by Crippen LogP contribution is 2.54. The number of hydrogen-bond donors (Lipinski definition) is 1. The normalized spacial score (nSPS) is 20.7. The van der Waals surface area contributed by atoms with Crippen LogP contribution in [-0.4, -0.2) is 23.5 Å². The maximum Gasteiger partial charge on any atom is 0.303 e. The quantitative estimate of drug-likeness (QED) is 0.290. The van der Waals surface area contributed by atoms with Crippen LogP contribution in [0.3, 0.4) is 0 Å². The highest BCUT2D eigenvalue weighted by Gasteiger charge is 2.51. The van der Waals surface area contributed by atoms with Gasteiger partial charge in [-0.1, -0.05) is 75.1 Å². The van der Waals surface area contributed by atoms with Crippen LogP contribution in [0.25, 0.3) is 0 Å². The van der Waals surface area contributed by atoms with Crippen molar-refractivity contribution in [1.29, 1.82) is 0 Å². The first kappa shape index (κ1) is 25.4. The zero-order valence-electron chi connectivity index (χ0n) is 19.2. The molecule has 2 aliphatic carbocycles. The molecule has 178 valence electrons. The van der Waals surface area contributed by atoms with Crippen LogP contribution >= 0.6 is 23.2 Å². The Balaban J connectivity index is 1.65. The van der Waals surface area contributed by atoms with Gasteiger partial charge in [-0.25, -0.2) is 0 Å². The number of benzene rings is 1. The van der Waals surface area contributed by atoms with Gasteiger partial charge < -0.3 is 9.84 Å². The molecule has 0 bridgehead atoms. The van der Waals surface area contributed by atoms with Crippen LogP contribution in [0.1, 0.15) is 106 Å². The summed E-state index contributed by atoms with van der Waals surface area (Å²) >= 11 is 13.2. The van der Waals surface area contributed by atoms with E-state index in [-0.39, 0.29) is 17.6 Å². The van der Waals surface area contributed by atoms with Gasteiger partial charge in [0.25, 0.3) is 0 Å². The number of ether oxygens (including phenoxy) is 1. The highest BCUT2D eigenvalue weighted by molar-refractivity contribution is 6.45. The van der Waals surface area contributed by atoms with E-state index >= 15 is 0 Å². The minimum Gasteiger partial charge on any atom is -0.492 e. The van der Waals surface area contributed by atoms with Gasteiger partial charge in [-0.05, 0) is 56.1 Å². The molecule has 1 atom stereocenters. The molecular weight excluding hydrogens is 447 g/mol. The molecular formula is C26H36Cl2O4. The number of carboxylic acids is 1. The average molecular weight is 483 g/mol. The Labute approximate surface area is 202 Å². The molecule has 1 aromatic carbocycles. The maximum absolute atomic E-state index is 13.7. The number of rotatable bonds is 13. The smallest absolute Gasteiger partial charge is 0.303 e. The highest BCUT2D eigenvalue weighted by atomic mass is 35.5. The van der Waals surface area contributed by atoms with Crippen molar-refractivity contribution >= 4 is 35.0 Å². The first-order valence-corrected chi connectivity index (χ1v) is 13.1. The number of fused-ring (bicyclic) bond motifs is 1.